The van der Waals surface area contributed by atoms with Gasteiger partial charge >= 0.3 is 0 Å². The van der Waals surface area contributed by atoms with Gasteiger partial charge in [-0.25, -0.2) is 0 Å². The lowest BCUT2D eigenvalue weighted by molar-refractivity contribution is -0.118. The van der Waals surface area contributed by atoms with Crippen molar-refractivity contribution in [2.24, 2.45) is 5.41 Å². The molecule has 1 saturated carbocycles. The lowest BCUT2D eigenvalue weighted by atomic mass is 10.1. The predicted molar refractivity (Wildman–Crippen MR) is 75.6 cm³/mol. The first-order chi connectivity index (χ1) is 8.24. The molecule has 0 aliphatic heterocycles. The smallest absolute Gasteiger partial charge is 0.230 e. The van der Waals surface area contributed by atoms with Gasteiger partial charge in [-0.1, -0.05) is 34.1 Å². The first-order valence-corrected chi connectivity index (χ1v) is 7.85. The van der Waals surface area contributed by atoms with Crippen LogP contribution in [0.25, 0.3) is 0 Å². The lowest BCUT2D eigenvalue weighted by Gasteiger charge is -2.12. The van der Waals surface area contributed by atoms with Gasteiger partial charge in [-0.3, -0.25) is 4.79 Å². The molecule has 2 rings (SSSR count). The number of alkyl halides is 1. The summed E-state index contributed by atoms with van der Waals surface area (Å²) < 4.78 is 0. The van der Waals surface area contributed by atoms with Crippen molar-refractivity contribution in [3.8, 4) is 0 Å². The van der Waals surface area contributed by atoms with Gasteiger partial charge in [0.1, 0.15) is 0 Å². The van der Waals surface area contributed by atoms with Gasteiger partial charge in [0.15, 0.2) is 0 Å². The summed E-state index contributed by atoms with van der Waals surface area (Å²) in [6.45, 7) is 0.812. The molecule has 1 aromatic carbocycles. The van der Waals surface area contributed by atoms with Crippen LogP contribution in [0.2, 0.25) is 0 Å². The van der Waals surface area contributed by atoms with E-state index in [0.29, 0.717) is 11.2 Å². The Morgan fingerprint density at radius 1 is 1.35 bits per heavy atom. The standard InChI is InChI=1S/C13H16BrNOS/c14-9-13(6-7-13)10-15-12(16)8-17-11-4-2-1-3-5-11/h1-5H,6-10H2,(H,15,16). The average molecular weight is 314 g/mol. The van der Waals surface area contributed by atoms with Crippen molar-refractivity contribution >= 4 is 33.6 Å². The number of hydrogen-bond donors (Lipinski definition) is 1. The quantitative estimate of drug-likeness (QED) is 0.646. The fourth-order valence-corrected chi connectivity index (χ4v) is 3.05. The van der Waals surface area contributed by atoms with Crippen molar-refractivity contribution in [3.63, 3.8) is 0 Å². The SMILES string of the molecule is O=C(CSc1ccccc1)NCC1(CBr)CC1. The van der Waals surface area contributed by atoms with Gasteiger partial charge in [0.25, 0.3) is 0 Å². The molecular weight excluding hydrogens is 298 g/mol. The van der Waals surface area contributed by atoms with Crippen LogP contribution < -0.4 is 5.32 Å². The molecule has 0 spiro atoms. The second-order valence-corrected chi connectivity index (χ2v) is 6.12. The zero-order valence-electron chi connectivity index (χ0n) is 9.62. The summed E-state index contributed by atoms with van der Waals surface area (Å²) in [5, 5.41) is 4.01. The Hall–Kier alpha value is -0.480. The van der Waals surface area contributed by atoms with Gasteiger partial charge in [-0.2, -0.15) is 0 Å². The maximum absolute atomic E-state index is 11.7. The molecule has 0 saturated heterocycles. The van der Waals surface area contributed by atoms with Crippen LogP contribution in [0.3, 0.4) is 0 Å². The van der Waals surface area contributed by atoms with Gasteiger partial charge < -0.3 is 5.32 Å². The van der Waals surface area contributed by atoms with E-state index >= 15 is 0 Å². The molecule has 92 valence electrons. The molecule has 1 amide bonds. The van der Waals surface area contributed by atoms with Crippen LogP contribution in [0.1, 0.15) is 12.8 Å². The fraction of sp³-hybridized carbons (Fsp3) is 0.462. The highest BCUT2D eigenvalue weighted by Crippen LogP contribution is 2.46. The Labute approximate surface area is 115 Å². The van der Waals surface area contributed by atoms with Gasteiger partial charge in [-0.05, 0) is 30.4 Å². The Bertz CT molecular complexity index is 378. The van der Waals surface area contributed by atoms with Crippen LogP contribution in [-0.4, -0.2) is 23.5 Å². The van der Waals surface area contributed by atoms with Crippen LogP contribution in [0.15, 0.2) is 35.2 Å². The fourth-order valence-electron chi connectivity index (χ4n) is 1.54. The molecule has 0 atom stereocenters. The van der Waals surface area contributed by atoms with Crippen molar-refractivity contribution in [1.29, 1.82) is 0 Å². The molecule has 4 heteroatoms. The van der Waals surface area contributed by atoms with Crippen molar-refractivity contribution in [2.45, 2.75) is 17.7 Å². The second-order valence-electron chi connectivity index (χ2n) is 4.51. The van der Waals surface area contributed by atoms with Crippen LogP contribution in [0, 0.1) is 5.41 Å². The molecule has 0 heterocycles. The number of rotatable bonds is 6. The maximum Gasteiger partial charge on any atom is 0.230 e. The number of thioether (sulfide) groups is 1. The molecule has 1 aliphatic rings. The summed E-state index contributed by atoms with van der Waals surface area (Å²) in [6, 6.07) is 10.0. The highest BCUT2D eigenvalue weighted by molar-refractivity contribution is 9.09. The number of amides is 1. The van der Waals surface area contributed by atoms with Crippen molar-refractivity contribution < 1.29 is 4.79 Å². The third-order valence-corrected chi connectivity index (χ3v) is 5.22. The summed E-state index contributed by atoms with van der Waals surface area (Å²) in [6.07, 6.45) is 2.45. The van der Waals surface area contributed by atoms with Crippen molar-refractivity contribution in [1.82, 2.24) is 5.32 Å². The molecule has 0 radical (unpaired) electrons. The van der Waals surface area contributed by atoms with Crippen LogP contribution in [0.5, 0.6) is 0 Å². The molecule has 1 aliphatic carbocycles. The minimum atomic E-state index is 0.131. The van der Waals surface area contributed by atoms with E-state index < -0.39 is 0 Å². The van der Waals surface area contributed by atoms with Gasteiger partial charge in [0, 0.05) is 16.8 Å². The van der Waals surface area contributed by atoms with Crippen molar-refractivity contribution in [2.75, 3.05) is 17.6 Å². The van der Waals surface area contributed by atoms with Crippen molar-refractivity contribution in [3.05, 3.63) is 30.3 Å². The van der Waals surface area contributed by atoms with E-state index in [1.807, 2.05) is 30.3 Å². The molecule has 1 fully saturated rings. The second kappa shape index (κ2) is 5.91. The molecule has 2 nitrogen and oxygen atoms in total. The summed E-state index contributed by atoms with van der Waals surface area (Å²) in [5.74, 6) is 0.633. The van der Waals surface area contributed by atoms with Gasteiger partial charge in [-0.15, -0.1) is 11.8 Å². The van der Waals surface area contributed by atoms with E-state index in [1.165, 1.54) is 12.8 Å². The Kier molecular flexibility index (Phi) is 4.51. The predicted octanol–water partition coefficient (Wildman–Crippen LogP) is 3.07. The highest BCUT2D eigenvalue weighted by Gasteiger charge is 2.41. The van der Waals surface area contributed by atoms with E-state index in [4.69, 9.17) is 0 Å². The normalized spacial score (nSPS) is 16.5. The van der Waals surface area contributed by atoms with Crippen LogP contribution >= 0.6 is 27.7 Å². The number of nitrogens with one attached hydrogen (secondary N) is 1. The summed E-state index contributed by atoms with van der Waals surface area (Å²) >= 11 is 5.09. The number of halogens is 1. The third-order valence-electron chi connectivity index (χ3n) is 3.01. The Morgan fingerprint density at radius 2 is 2.06 bits per heavy atom. The van der Waals surface area contributed by atoms with Gasteiger partial charge in [0.05, 0.1) is 5.75 Å². The van der Waals surface area contributed by atoms with E-state index in [9.17, 15) is 4.79 Å². The molecule has 1 aromatic rings. The van der Waals surface area contributed by atoms with E-state index in [2.05, 4.69) is 21.2 Å². The highest BCUT2D eigenvalue weighted by atomic mass is 79.9. The van der Waals surface area contributed by atoms with Crippen LogP contribution in [-0.2, 0) is 4.79 Å². The molecule has 1 N–H and O–H groups in total. The first-order valence-electron chi connectivity index (χ1n) is 5.75. The summed E-state index contributed by atoms with van der Waals surface area (Å²) in [7, 11) is 0. The largest absolute Gasteiger partial charge is 0.355 e. The molecular formula is C13H16BrNOS. The summed E-state index contributed by atoms with van der Waals surface area (Å²) in [5.41, 5.74) is 0.354. The first kappa shape index (κ1) is 13.0. The molecule has 0 aromatic heterocycles. The maximum atomic E-state index is 11.7. The molecule has 0 bridgehead atoms. The minimum Gasteiger partial charge on any atom is -0.355 e. The summed E-state index contributed by atoms with van der Waals surface area (Å²) in [4.78, 5) is 12.8. The van der Waals surface area contributed by atoms with Gasteiger partial charge in [0.2, 0.25) is 5.91 Å². The molecule has 0 unspecified atom stereocenters. The van der Waals surface area contributed by atoms with E-state index in [-0.39, 0.29) is 5.91 Å². The van der Waals surface area contributed by atoms with Crippen LogP contribution in [0.4, 0.5) is 0 Å². The average Bonchev–Trinajstić information content (AvgIpc) is 3.16. The molecule has 17 heavy (non-hydrogen) atoms. The zero-order valence-corrected chi connectivity index (χ0v) is 12.0. The van der Waals surface area contributed by atoms with E-state index in [1.54, 1.807) is 11.8 Å². The Balaban J connectivity index is 1.68. The van der Waals surface area contributed by atoms with E-state index in [0.717, 1.165) is 16.8 Å². The number of hydrogen-bond acceptors (Lipinski definition) is 2. The number of carbonyl (C=O) groups excluding carboxylic acids is 1. The lowest BCUT2D eigenvalue weighted by Crippen LogP contribution is -2.32. The topological polar surface area (TPSA) is 29.1 Å². The Morgan fingerprint density at radius 3 is 2.65 bits per heavy atom. The third kappa shape index (κ3) is 4.03. The minimum absolute atomic E-state index is 0.131. The number of benzene rings is 1. The monoisotopic (exact) mass is 313 g/mol. The zero-order chi connectivity index (χ0) is 12.1. The number of carbonyl (C=O) groups is 1.